The lowest BCUT2D eigenvalue weighted by molar-refractivity contribution is -0.384. The number of hydrogen-bond acceptors (Lipinski definition) is 5. The summed E-state index contributed by atoms with van der Waals surface area (Å²) < 4.78 is 0. The number of anilines is 1. The van der Waals surface area contributed by atoms with Crippen LogP contribution in [0.1, 0.15) is 19.3 Å². The zero-order chi connectivity index (χ0) is 15.0. The van der Waals surface area contributed by atoms with Gasteiger partial charge in [-0.25, -0.2) is 4.90 Å². The first-order valence-electron chi connectivity index (χ1n) is 6.93. The summed E-state index contributed by atoms with van der Waals surface area (Å²) in [5, 5.41) is 10.6. The van der Waals surface area contributed by atoms with Gasteiger partial charge in [0, 0.05) is 12.1 Å². The average molecular weight is 289 g/mol. The Morgan fingerprint density at radius 3 is 2.29 bits per heavy atom. The molecule has 3 rings (SSSR count). The lowest BCUT2D eigenvalue weighted by Gasteiger charge is -2.21. The SMILES string of the molecule is O=C1C[C@H](N2CCCC2)C(=O)N1c1ccc([N+](=O)[O-])cc1. The smallest absolute Gasteiger partial charge is 0.269 e. The number of amides is 2. The van der Waals surface area contributed by atoms with Crippen LogP contribution in [0.3, 0.4) is 0 Å². The third-order valence-electron chi connectivity index (χ3n) is 4.02. The van der Waals surface area contributed by atoms with Crippen LogP contribution < -0.4 is 4.90 Å². The number of carbonyl (C=O) groups is 2. The molecule has 2 aliphatic heterocycles. The largest absolute Gasteiger partial charge is 0.292 e. The van der Waals surface area contributed by atoms with E-state index in [1.54, 1.807) is 0 Å². The van der Waals surface area contributed by atoms with Gasteiger partial charge in [0.2, 0.25) is 5.91 Å². The van der Waals surface area contributed by atoms with Crippen LogP contribution in [0.15, 0.2) is 24.3 Å². The average Bonchev–Trinajstić information content (AvgIpc) is 3.07. The van der Waals surface area contributed by atoms with E-state index in [0.29, 0.717) is 5.69 Å². The second kappa shape index (κ2) is 5.25. The summed E-state index contributed by atoms with van der Waals surface area (Å²) in [5.41, 5.74) is 0.339. The first-order valence-corrected chi connectivity index (χ1v) is 6.93. The van der Waals surface area contributed by atoms with Crippen molar-refractivity contribution in [2.45, 2.75) is 25.3 Å². The quantitative estimate of drug-likeness (QED) is 0.476. The lowest BCUT2D eigenvalue weighted by atomic mass is 10.2. The predicted molar refractivity (Wildman–Crippen MR) is 74.8 cm³/mol. The molecule has 1 atom stereocenters. The molecule has 0 bridgehead atoms. The van der Waals surface area contributed by atoms with E-state index in [-0.39, 0.29) is 30.0 Å². The number of nitro groups is 1. The molecular formula is C14H15N3O4. The van der Waals surface area contributed by atoms with E-state index in [1.807, 2.05) is 4.90 Å². The van der Waals surface area contributed by atoms with Crippen LogP contribution in [0.5, 0.6) is 0 Å². The maximum absolute atomic E-state index is 12.5. The van der Waals surface area contributed by atoms with E-state index in [4.69, 9.17) is 0 Å². The Hall–Kier alpha value is -2.28. The standard InChI is InChI=1S/C14H15N3O4/c18-13-9-12(15-7-1-2-8-15)14(19)16(13)10-3-5-11(6-4-10)17(20)21/h3-6,12H,1-2,7-9H2/t12-/m0/s1. The van der Waals surface area contributed by atoms with Crippen molar-refractivity contribution < 1.29 is 14.5 Å². The molecule has 2 amide bonds. The van der Waals surface area contributed by atoms with Crippen LogP contribution in [0.4, 0.5) is 11.4 Å². The Bertz CT molecular complexity index is 593. The normalized spacial score (nSPS) is 23.0. The van der Waals surface area contributed by atoms with Crippen molar-refractivity contribution in [3.8, 4) is 0 Å². The summed E-state index contributed by atoms with van der Waals surface area (Å²) in [7, 11) is 0. The fourth-order valence-electron chi connectivity index (χ4n) is 2.95. The molecule has 7 heteroatoms. The minimum Gasteiger partial charge on any atom is -0.292 e. The van der Waals surface area contributed by atoms with Crippen LogP contribution >= 0.6 is 0 Å². The Labute approximate surface area is 121 Å². The number of benzene rings is 1. The zero-order valence-corrected chi connectivity index (χ0v) is 11.4. The lowest BCUT2D eigenvalue weighted by Crippen LogP contribution is -2.40. The monoisotopic (exact) mass is 289 g/mol. The summed E-state index contributed by atoms with van der Waals surface area (Å²) in [6, 6.07) is 5.12. The first-order chi connectivity index (χ1) is 10.1. The van der Waals surface area contributed by atoms with Crippen molar-refractivity contribution >= 4 is 23.2 Å². The first kappa shape index (κ1) is 13.7. The van der Waals surface area contributed by atoms with E-state index in [1.165, 1.54) is 24.3 Å². The topological polar surface area (TPSA) is 83.8 Å². The Morgan fingerprint density at radius 1 is 1.10 bits per heavy atom. The van der Waals surface area contributed by atoms with Crippen LogP contribution in [0.25, 0.3) is 0 Å². The third kappa shape index (κ3) is 2.40. The van der Waals surface area contributed by atoms with Crippen LogP contribution in [-0.4, -0.2) is 40.8 Å². The fraction of sp³-hybridized carbons (Fsp3) is 0.429. The van der Waals surface area contributed by atoms with Gasteiger partial charge in [0.05, 0.1) is 23.1 Å². The van der Waals surface area contributed by atoms with Gasteiger partial charge in [-0.2, -0.15) is 0 Å². The van der Waals surface area contributed by atoms with Crippen LogP contribution in [-0.2, 0) is 9.59 Å². The summed E-state index contributed by atoms with van der Waals surface area (Å²) in [6.45, 7) is 1.69. The van der Waals surface area contributed by atoms with Crippen molar-refractivity contribution in [3.63, 3.8) is 0 Å². The number of imide groups is 1. The molecule has 0 saturated carbocycles. The van der Waals surface area contributed by atoms with Gasteiger partial charge in [-0.3, -0.25) is 24.6 Å². The number of hydrogen-bond donors (Lipinski definition) is 0. The molecule has 0 aliphatic carbocycles. The van der Waals surface area contributed by atoms with E-state index in [2.05, 4.69) is 0 Å². The number of carbonyl (C=O) groups excluding carboxylic acids is 2. The van der Waals surface area contributed by atoms with Gasteiger partial charge in [0.15, 0.2) is 0 Å². The molecule has 2 fully saturated rings. The molecule has 2 heterocycles. The summed E-state index contributed by atoms with van der Waals surface area (Å²) in [5.74, 6) is -0.471. The van der Waals surface area contributed by atoms with Crippen LogP contribution in [0.2, 0.25) is 0 Å². The molecule has 0 spiro atoms. The highest BCUT2D eigenvalue weighted by atomic mass is 16.6. The molecule has 2 aliphatic rings. The van der Waals surface area contributed by atoms with Crippen molar-refractivity contribution in [3.05, 3.63) is 34.4 Å². The van der Waals surface area contributed by atoms with E-state index in [0.717, 1.165) is 30.8 Å². The Kier molecular flexibility index (Phi) is 3.42. The van der Waals surface area contributed by atoms with Crippen molar-refractivity contribution in [2.75, 3.05) is 18.0 Å². The van der Waals surface area contributed by atoms with E-state index < -0.39 is 4.92 Å². The molecule has 0 aromatic heterocycles. The fourth-order valence-corrected chi connectivity index (χ4v) is 2.95. The summed E-state index contributed by atoms with van der Waals surface area (Å²) >= 11 is 0. The van der Waals surface area contributed by atoms with Crippen molar-refractivity contribution in [1.82, 2.24) is 4.90 Å². The molecule has 0 unspecified atom stereocenters. The number of rotatable bonds is 3. The zero-order valence-electron chi connectivity index (χ0n) is 11.4. The highest BCUT2D eigenvalue weighted by molar-refractivity contribution is 6.22. The van der Waals surface area contributed by atoms with E-state index in [9.17, 15) is 19.7 Å². The third-order valence-corrected chi connectivity index (χ3v) is 4.02. The highest BCUT2D eigenvalue weighted by Crippen LogP contribution is 2.28. The minimum atomic E-state index is -0.509. The number of nitro benzene ring substituents is 1. The number of nitrogens with zero attached hydrogens (tertiary/aromatic N) is 3. The molecular weight excluding hydrogens is 274 g/mol. The molecule has 2 saturated heterocycles. The Balaban J connectivity index is 1.82. The summed E-state index contributed by atoms with van der Waals surface area (Å²) in [6.07, 6.45) is 2.29. The number of likely N-dealkylation sites (tertiary alicyclic amines) is 1. The molecule has 0 N–H and O–H groups in total. The van der Waals surface area contributed by atoms with Gasteiger partial charge >= 0.3 is 0 Å². The second-order valence-electron chi connectivity index (χ2n) is 5.30. The van der Waals surface area contributed by atoms with Gasteiger partial charge in [-0.15, -0.1) is 0 Å². The van der Waals surface area contributed by atoms with Gasteiger partial charge in [0.25, 0.3) is 11.6 Å². The Morgan fingerprint density at radius 2 is 1.71 bits per heavy atom. The second-order valence-corrected chi connectivity index (χ2v) is 5.30. The van der Waals surface area contributed by atoms with Crippen molar-refractivity contribution in [1.29, 1.82) is 0 Å². The van der Waals surface area contributed by atoms with Crippen LogP contribution in [0, 0.1) is 10.1 Å². The maximum Gasteiger partial charge on any atom is 0.269 e. The molecule has 21 heavy (non-hydrogen) atoms. The van der Waals surface area contributed by atoms with Gasteiger partial charge in [-0.05, 0) is 38.1 Å². The van der Waals surface area contributed by atoms with Gasteiger partial charge < -0.3 is 0 Å². The molecule has 110 valence electrons. The molecule has 1 aromatic carbocycles. The molecule has 0 radical (unpaired) electrons. The summed E-state index contributed by atoms with van der Waals surface area (Å²) in [4.78, 5) is 37.9. The molecule has 7 nitrogen and oxygen atoms in total. The number of non-ortho nitro benzene ring substituents is 1. The van der Waals surface area contributed by atoms with Crippen molar-refractivity contribution in [2.24, 2.45) is 0 Å². The van der Waals surface area contributed by atoms with E-state index >= 15 is 0 Å². The van der Waals surface area contributed by atoms with Gasteiger partial charge in [0.1, 0.15) is 0 Å². The highest BCUT2D eigenvalue weighted by Gasteiger charge is 2.43. The van der Waals surface area contributed by atoms with Gasteiger partial charge in [-0.1, -0.05) is 0 Å². The minimum absolute atomic E-state index is 0.0612. The maximum atomic E-state index is 12.5. The predicted octanol–water partition coefficient (Wildman–Crippen LogP) is 1.32. The molecule has 1 aromatic rings.